The maximum Gasteiger partial charge on any atom is 0.257 e. The summed E-state index contributed by atoms with van der Waals surface area (Å²) in [5, 5.41) is 2.90. The fourth-order valence-corrected chi connectivity index (χ4v) is 2.40. The fraction of sp³-hybridized carbons (Fsp3) is 0.133. The molecule has 0 aromatic heterocycles. The van der Waals surface area contributed by atoms with Crippen molar-refractivity contribution in [3.63, 3.8) is 0 Å². The molecule has 0 atom stereocenters. The molecule has 5 heteroatoms. The van der Waals surface area contributed by atoms with Crippen molar-refractivity contribution in [3.8, 4) is 0 Å². The van der Waals surface area contributed by atoms with Crippen molar-refractivity contribution in [2.45, 2.75) is 13.8 Å². The standard InChI is InChI=1S/C15H16BrN3O/c1-9-3-5-14(19-17)12(7-9)15(20)18-13-6-4-11(16)8-10(13)2/h3-8,19H,17H2,1-2H3,(H,18,20). The minimum absolute atomic E-state index is 0.188. The van der Waals surface area contributed by atoms with Gasteiger partial charge >= 0.3 is 0 Å². The Bertz CT molecular complexity index is 656. The summed E-state index contributed by atoms with van der Waals surface area (Å²) in [5.41, 5.74) is 6.44. The molecule has 0 aliphatic rings. The number of nitrogen functional groups attached to an aromatic ring is 1. The summed E-state index contributed by atoms with van der Waals surface area (Å²) in [6.07, 6.45) is 0. The lowest BCUT2D eigenvalue weighted by Crippen LogP contribution is -2.17. The Morgan fingerprint density at radius 1 is 1.10 bits per heavy atom. The first kappa shape index (κ1) is 14.6. The molecule has 0 spiro atoms. The highest BCUT2D eigenvalue weighted by Crippen LogP contribution is 2.22. The molecule has 4 nitrogen and oxygen atoms in total. The summed E-state index contributed by atoms with van der Waals surface area (Å²) in [4.78, 5) is 12.4. The molecule has 0 aliphatic carbocycles. The largest absolute Gasteiger partial charge is 0.323 e. The van der Waals surface area contributed by atoms with Gasteiger partial charge in [0.15, 0.2) is 0 Å². The molecule has 0 heterocycles. The molecule has 104 valence electrons. The van der Waals surface area contributed by atoms with Crippen molar-refractivity contribution in [2.75, 3.05) is 10.7 Å². The number of amides is 1. The first-order valence-electron chi connectivity index (χ1n) is 6.16. The van der Waals surface area contributed by atoms with E-state index in [2.05, 4.69) is 26.7 Å². The van der Waals surface area contributed by atoms with Crippen LogP contribution in [0.25, 0.3) is 0 Å². The van der Waals surface area contributed by atoms with E-state index in [0.29, 0.717) is 11.3 Å². The summed E-state index contributed by atoms with van der Waals surface area (Å²) >= 11 is 3.40. The molecule has 4 N–H and O–H groups in total. The highest BCUT2D eigenvalue weighted by molar-refractivity contribution is 9.10. The van der Waals surface area contributed by atoms with Crippen molar-refractivity contribution in [2.24, 2.45) is 5.84 Å². The van der Waals surface area contributed by atoms with Gasteiger partial charge in [0, 0.05) is 10.2 Å². The van der Waals surface area contributed by atoms with Gasteiger partial charge in [-0.25, -0.2) is 0 Å². The van der Waals surface area contributed by atoms with Crippen LogP contribution in [-0.2, 0) is 0 Å². The van der Waals surface area contributed by atoms with Crippen LogP contribution < -0.4 is 16.6 Å². The maximum absolute atomic E-state index is 12.4. The lowest BCUT2D eigenvalue weighted by Gasteiger charge is -2.12. The number of benzene rings is 2. The molecule has 1 amide bonds. The number of rotatable bonds is 3. The number of anilines is 2. The van der Waals surface area contributed by atoms with Crippen LogP contribution in [0.4, 0.5) is 11.4 Å². The van der Waals surface area contributed by atoms with Gasteiger partial charge in [0.1, 0.15) is 0 Å². The van der Waals surface area contributed by atoms with Crippen LogP contribution in [0, 0.1) is 13.8 Å². The molecule has 2 rings (SSSR count). The SMILES string of the molecule is Cc1ccc(NN)c(C(=O)Nc2ccc(Br)cc2C)c1. The number of carbonyl (C=O) groups is 1. The van der Waals surface area contributed by atoms with E-state index in [-0.39, 0.29) is 5.91 Å². The quantitative estimate of drug-likeness (QED) is 0.593. The molecule has 0 unspecified atom stereocenters. The Morgan fingerprint density at radius 3 is 2.45 bits per heavy atom. The Kier molecular flexibility index (Phi) is 4.42. The van der Waals surface area contributed by atoms with Gasteiger partial charge in [-0.05, 0) is 49.7 Å². The number of nitrogens with two attached hydrogens (primary N) is 1. The third-order valence-electron chi connectivity index (χ3n) is 3.01. The van der Waals surface area contributed by atoms with E-state index in [1.54, 1.807) is 12.1 Å². The van der Waals surface area contributed by atoms with Gasteiger partial charge in [-0.2, -0.15) is 0 Å². The first-order valence-corrected chi connectivity index (χ1v) is 6.95. The van der Waals surface area contributed by atoms with Crippen LogP contribution in [0.3, 0.4) is 0 Å². The van der Waals surface area contributed by atoms with Crippen molar-refractivity contribution in [1.29, 1.82) is 0 Å². The highest BCUT2D eigenvalue weighted by atomic mass is 79.9. The van der Waals surface area contributed by atoms with Gasteiger partial charge in [-0.3, -0.25) is 10.6 Å². The molecule has 0 bridgehead atoms. The Morgan fingerprint density at radius 2 is 1.80 bits per heavy atom. The molecule has 0 saturated carbocycles. The van der Waals surface area contributed by atoms with Gasteiger partial charge in [-0.1, -0.05) is 27.6 Å². The van der Waals surface area contributed by atoms with Crippen LogP contribution in [-0.4, -0.2) is 5.91 Å². The van der Waals surface area contributed by atoms with E-state index in [1.807, 2.05) is 38.1 Å². The molecule has 2 aromatic rings. The van der Waals surface area contributed by atoms with Crippen LogP contribution >= 0.6 is 15.9 Å². The molecule has 0 radical (unpaired) electrons. The predicted molar refractivity (Wildman–Crippen MR) is 85.8 cm³/mol. The van der Waals surface area contributed by atoms with Crippen LogP contribution in [0.2, 0.25) is 0 Å². The van der Waals surface area contributed by atoms with Gasteiger partial charge < -0.3 is 10.7 Å². The first-order chi connectivity index (χ1) is 9.51. The van der Waals surface area contributed by atoms with Crippen LogP contribution in [0.15, 0.2) is 40.9 Å². The van der Waals surface area contributed by atoms with Crippen molar-refractivity contribution in [3.05, 3.63) is 57.6 Å². The molecular weight excluding hydrogens is 318 g/mol. The van der Waals surface area contributed by atoms with Gasteiger partial charge in [0.25, 0.3) is 5.91 Å². The molecule has 0 saturated heterocycles. The maximum atomic E-state index is 12.4. The summed E-state index contributed by atoms with van der Waals surface area (Å²) in [7, 11) is 0. The number of nitrogens with one attached hydrogen (secondary N) is 2. The topological polar surface area (TPSA) is 67.1 Å². The normalized spacial score (nSPS) is 10.2. The zero-order valence-corrected chi connectivity index (χ0v) is 12.9. The number of carbonyl (C=O) groups excluding carboxylic acids is 1. The minimum atomic E-state index is -0.188. The van der Waals surface area contributed by atoms with E-state index in [1.165, 1.54) is 0 Å². The van der Waals surface area contributed by atoms with Crippen LogP contribution in [0.1, 0.15) is 21.5 Å². The minimum Gasteiger partial charge on any atom is -0.323 e. The average molecular weight is 334 g/mol. The Hall–Kier alpha value is -1.85. The van der Waals surface area contributed by atoms with Gasteiger partial charge in [-0.15, -0.1) is 0 Å². The fourth-order valence-electron chi connectivity index (χ4n) is 1.93. The van der Waals surface area contributed by atoms with Crippen LogP contribution in [0.5, 0.6) is 0 Å². The second-order valence-electron chi connectivity index (χ2n) is 4.61. The van der Waals surface area contributed by atoms with E-state index >= 15 is 0 Å². The van der Waals surface area contributed by atoms with E-state index in [9.17, 15) is 4.79 Å². The second-order valence-corrected chi connectivity index (χ2v) is 5.52. The molecular formula is C15H16BrN3O. The Balaban J connectivity index is 2.30. The monoisotopic (exact) mass is 333 g/mol. The van der Waals surface area contributed by atoms with E-state index in [0.717, 1.165) is 21.3 Å². The van der Waals surface area contributed by atoms with E-state index < -0.39 is 0 Å². The number of halogens is 1. The molecule has 2 aromatic carbocycles. The molecule has 0 fully saturated rings. The molecule has 0 aliphatic heterocycles. The zero-order chi connectivity index (χ0) is 14.7. The lowest BCUT2D eigenvalue weighted by atomic mass is 10.1. The zero-order valence-electron chi connectivity index (χ0n) is 11.3. The number of hydrazine groups is 1. The van der Waals surface area contributed by atoms with Crippen molar-refractivity contribution >= 4 is 33.2 Å². The number of hydrogen-bond acceptors (Lipinski definition) is 3. The predicted octanol–water partition coefficient (Wildman–Crippen LogP) is 3.60. The summed E-state index contributed by atoms with van der Waals surface area (Å²) in [5.74, 6) is 5.26. The number of aryl methyl sites for hydroxylation is 2. The van der Waals surface area contributed by atoms with Gasteiger partial charge in [0.2, 0.25) is 0 Å². The third kappa shape index (κ3) is 3.18. The van der Waals surface area contributed by atoms with Crippen molar-refractivity contribution < 1.29 is 4.79 Å². The molecule has 20 heavy (non-hydrogen) atoms. The second kappa shape index (κ2) is 6.07. The number of hydrogen-bond donors (Lipinski definition) is 3. The smallest absolute Gasteiger partial charge is 0.257 e. The summed E-state index contributed by atoms with van der Waals surface area (Å²) < 4.78 is 0.980. The summed E-state index contributed by atoms with van der Waals surface area (Å²) in [6, 6.07) is 11.2. The highest BCUT2D eigenvalue weighted by Gasteiger charge is 2.12. The van der Waals surface area contributed by atoms with Gasteiger partial charge in [0.05, 0.1) is 11.3 Å². The average Bonchev–Trinajstić information content (AvgIpc) is 2.41. The van der Waals surface area contributed by atoms with E-state index in [4.69, 9.17) is 5.84 Å². The Labute approximate surface area is 126 Å². The van der Waals surface area contributed by atoms with Crippen molar-refractivity contribution in [1.82, 2.24) is 0 Å². The summed E-state index contributed by atoms with van der Waals surface area (Å²) in [6.45, 7) is 3.88. The lowest BCUT2D eigenvalue weighted by molar-refractivity contribution is 0.102. The third-order valence-corrected chi connectivity index (χ3v) is 3.51.